The molecule has 2 rings (SSSR count). The summed E-state index contributed by atoms with van der Waals surface area (Å²) in [5.74, 6) is -2.16. The average molecular weight is 465 g/mol. The van der Waals surface area contributed by atoms with E-state index in [4.69, 9.17) is 11.6 Å². The van der Waals surface area contributed by atoms with Gasteiger partial charge in [-0.1, -0.05) is 39.7 Å². The molecule has 2 aromatic carbocycles. The van der Waals surface area contributed by atoms with E-state index in [2.05, 4.69) is 26.6 Å². The lowest BCUT2D eigenvalue weighted by Crippen LogP contribution is -2.35. The first kappa shape index (κ1) is 21.7. The van der Waals surface area contributed by atoms with E-state index < -0.39 is 17.8 Å². The second kappa shape index (κ2) is 10.6. The molecule has 0 radical (unpaired) electrons. The van der Waals surface area contributed by atoms with Crippen LogP contribution in [-0.4, -0.2) is 24.3 Å². The molecule has 8 heteroatoms. The van der Waals surface area contributed by atoms with Gasteiger partial charge >= 0.3 is 0 Å². The SMILES string of the molecule is O=C([O-])CCCNC(=O)/C(=C/c1ccc(Cl)cc1)NC(=O)c1ccc(Br)cc1. The molecule has 6 nitrogen and oxygen atoms in total. The van der Waals surface area contributed by atoms with E-state index in [0.29, 0.717) is 16.1 Å². The van der Waals surface area contributed by atoms with E-state index in [1.807, 2.05) is 0 Å². The third kappa shape index (κ3) is 7.17. The Morgan fingerprint density at radius 1 is 1.04 bits per heavy atom. The molecule has 0 fully saturated rings. The first-order valence-electron chi connectivity index (χ1n) is 8.37. The maximum Gasteiger partial charge on any atom is 0.267 e. The zero-order valence-corrected chi connectivity index (χ0v) is 17.0. The Balaban J connectivity index is 2.16. The van der Waals surface area contributed by atoms with Gasteiger partial charge in [-0.15, -0.1) is 0 Å². The Morgan fingerprint density at radius 2 is 1.68 bits per heavy atom. The van der Waals surface area contributed by atoms with Crippen molar-refractivity contribution < 1.29 is 19.5 Å². The average Bonchev–Trinajstić information content (AvgIpc) is 2.66. The summed E-state index contributed by atoms with van der Waals surface area (Å²) in [7, 11) is 0. The van der Waals surface area contributed by atoms with E-state index in [1.165, 1.54) is 6.08 Å². The molecule has 0 aromatic heterocycles. The van der Waals surface area contributed by atoms with Crippen LogP contribution in [0.25, 0.3) is 6.08 Å². The van der Waals surface area contributed by atoms with Crippen molar-refractivity contribution in [3.63, 3.8) is 0 Å². The number of amides is 2. The van der Waals surface area contributed by atoms with Crippen molar-refractivity contribution in [2.75, 3.05) is 6.54 Å². The minimum Gasteiger partial charge on any atom is -0.550 e. The molecule has 2 aromatic rings. The summed E-state index contributed by atoms with van der Waals surface area (Å²) >= 11 is 9.17. The second-order valence-corrected chi connectivity index (χ2v) is 7.15. The van der Waals surface area contributed by atoms with Gasteiger partial charge in [-0.05, 0) is 60.9 Å². The summed E-state index contributed by atoms with van der Waals surface area (Å²) < 4.78 is 0.826. The van der Waals surface area contributed by atoms with Gasteiger partial charge in [-0.3, -0.25) is 9.59 Å². The first-order valence-corrected chi connectivity index (χ1v) is 9.54. The minimum atomic E-state index is -1.19. The molecule has 0 aliphatic heterocycles. The van der Waals surface area contributed by atoms with Crippen LogP contribution in [0.5, 0.6) is 0 Å². The summed E-state index contributed by atoms with van der Waals surface area (Å²) in [5.41, 5.74) is 1.08. The number of halogens is 2. The van der Waals surface area contributed by atoms with Gasteiger partial charge in [0.1, 0.15) is 5.70 Å². The Bertz CT molecular complexity index is 880. The minimum absolute atomic E-state index is 0.0312. The van der Waals surface area contributed by atoms with Crippen LogP contribution in [0.1, 0.15) is 28.8 Å². The lowest BCUT2D eigenvalue weighted by atomic mass is 10.1. The number of carboxylic acid groups (broad SMARTS) is 1. The standard InChI is InChI=1S/C20H18BrClN2O4/c21-15-7-5-14(6-8-15)19(27)24-17(12-13-3-9-16(22)10-4-13)20(28)23-11-1-2-18(25)26/h3-10,12H,1-2,11H2,(H,23,28)(H,24,27)(H,25,26)/p-1/b17-12-. The van der Waals surface area contributed by atoms with Crippen molar-refractivity contribution in [3.8, 4) is 0 Å². The van der Waals surface area contributed by atoms with Crippen LogP contribution < -0.4 is 15.7 Å². The number of aliphatic carboxylic acids is 1. The molecule has 28 heavy (non-hydrogen) atoms. The summed E-state index contributed by atoms with van der Waals surface area (Å²) in [6.07, 6.45) is 1.58. The third-order valence-electron chi connectivity index (χ3n) is 3.62. The molecule has 2 N–H and O–H groups in total. The van der Waals surface area contributed by atoms with E-state index in [1.54, 1.807) is 48.5 Å². The van der Waals surface area contributed by atoms with Crippen LogP contribution in [0.4, 0.5) is 0 Å². The highest BCUT2D eigenvalue weighted by Crippen LogP contribution is 2.14. The van der Waals surface area contributed by atoms with Gasteiger partial charge in [-0.25, -0.2) is 0 Å². The number of benzene rings is 2. The van der Waals surface area contributed by atoms with E-state index in [9.17, 15) is 19.5 Å². The lowest BCUT2D eigenvalue weighted by Gasteiger charge is -2.11. The molecule has 0 bridgehead atoms. The molecule has 0 heterocycles. The van der Waals surface area contributed by atoms with Gasteiger partial charge in [0.05, 0.1) is 0 Å². The molecule has 146 valence electrons. The molecule has 0 spiro atoms. The van der Waals surface area contributed by atoms with Crippen molar-refractivity contribution in [3.05, 3.63) is 74.9 Å². The maximum atomic E-state index is 12.5. The predicted molar refractivity (Wildman–Crippen MR) is 108 cm³/mol. The molecule has 2 amide bonds. The molecular weight excluding hydrogens is 448 g/mol. The van der Waals surface area contributed by atoms with Crippen LogP contribution in [0.2, 0.25) is 5.02 Å². The van der Waals surface area contributed by atoms with E-state index >= 15 is 0 Å². The zero-order valence-electron chi connectivity index (χ0n) is 14.7. The number of carbonyl (C=O) groups is 3. The van der Waals surface area contributed by atoms with Gasteiger partial charge in [0.25, 0.3) is 11.8 Å². The largest absolute Gasteiger partial charge is 0.550 e. The van der Waals surface area contributed by atoms with E-state index in [0.717, 1.165) is 4.47 Å². The van der Waals surface area contributed by atoms with Crippen LogP contribution in [0.15, 0.2) is 58.7 Å². The third-order valence-corrected chi connectivity index (χ3v) is 4.40. The Labute approximate surface area is 175 Å². The number of hydrogen-bond donors (Lipinski definition) is 2. The van der Waals surface area contributed by atoms with Crippen LogP contribution in [0, 0.1) is 0 Å². The monoisotopic (exact) mass is 463 g/mol. The fraction of sp³-hybridized carbons (Fsp3) is 0.150. The van der Waals surface area contributed by atoms with Gasteiger partial charge in [-0.2, -0.15) is 0 Å². The van der Waals surface area contributed by atoms with Gasteiger partial charge in [0.15, 0.2) is 0 Å². The smallest absolute Gasteiger partial charge is 0.267 e. The fourth-order valence-corrected chi connectivity index (χ4v) is 2.60. The van der Waals surface area contributed by atoms with Crippen molar-refractivity contribution >= 4 is 51.4 Å². The van der Waals surface area contributed by atoms with Crippen molar-refractivity contribution in [2.24, 2.45) is 0 Å². The van der Waals surface area contributed by atoms with Gasteiger partial charge in [0, 0.05) is 27.6 Å². The highest BCUT2D eigenvalue weighted by molar-refractivity contribution is 9.10. The van der Waals surface area contributed by atoms with Gasteiger partial charge < -0.3 is 20.5 Å². The lowest BCUT2D eigenvalue weighted by molar-refractivity contribution is -0.305. The normalized spacial score (nSPS) is 11.0. The Morgan fingerprint density at radius 3 is 2.29 bits per heavy atom. The van der Waals surface area contributed by atoms with Crippen LogP contribution in [0.3, 0.4) is 0 Å². The zero-order chi connectivity index (χ0) is 20.5. The summed E-state index contributed by atoms with van der Waals surface area (Å²) in [6.45, 7) is 0.138. The Hall–Kier alpha value is -2.64. The maximum absolute atomic E-state index is 12.5. The van der Waals surface area contributed by atoms with Crippen LogP contribution >= 0.6 is 27.5 Å². The topological polar surface area (TPSA) is 98.3 Å². The molecule has 0 aliphatic rings. The molecule has 0 atom stereocenters. The molecule has 0 unspecified atom stereocenters. The quantitative estimate of drug-likeness (QED) is 0.463. The predicted octanol–water partition coefficient (Wildman–Crippen LogP) is 2.52. The highest BCUT2D eigenvalue weighted by Gasteiger charge is 2.14. The first-order chi connectivity index (χ1) is 13.3. The molecular formula is C20H17BrClN2O4-. The summed E-state index contributed by atoms with van der Waals surface area (Å²) in [5, 5.41) is 16.2. The molecule has 0 saturated carbocycles. The molecule has 0 aliphatic carbocycles. The van der Waals surface area contributed by atoms with Crippen molar-refractivity contribution in [2.45, 2.75) is 12.8 Å². The van der Waals surface area contributed by atoms with Crippen LogP contribution in [-0.2, 0) is 9.59 Å². The highest BCUT2D eigenvalue weighted by atomic mass is 79.9. The van der Waals surface area contributed by atoms with Crippen molar-refractivity contribution in [1.29, 1.82) is 0 Å². The van der Waals surface area contributed by atoms with Gasteiger partial charge in [0.2, 0.25) is 0 Å². The second-order valence-electron chi connectivity index (χ2n) is 5.80. The molecule has 0 saturated heterocycles. The number of rotatable bonds is 8. The number of carboxylic acids is 1. The number of hydrogen-bond acceptors (Lipinski definition) is 4. The van der Waals surface area contributed by atoms with Crippen molar-refractivity contribution in [1.82, 2.24) is 10.6 Å². The summed E-state index contributed by atoms with van der Waals surface area (Å²) in [4.78, 5) is 35.4. The fourth-order valence-electron chi connectivity index (χ4n) is 2.21. The summed E-state index contributed by atoms with van der Waals surface area (Å²) in [6, 6.07) is 13.4. The number of nitrogens with one attached hydrogen (secondary N) is 2. The van der Waals surface area contributed by atoms with E-state index in [-0.39, 0.29) is 25.1 Å². The Kier molecular flexibility index (Phi) is 8.22. The number of carbonyl (C=O) groups excluding carboxylic acids is 3.